The summed E-state index contributed by atoms with van der Waals surface area (Å²) in [6.45, 7) is 3.83. The summed E-state index contributed by atoms with van der Waals surface area (Å²) in [5.74, 6) is -0.833. The molecule has 33 heavy (non-hydrogen) atoms. The first kappa shape index (κ1) is 22.3. The first-order valence-corrected chi connectivity index (χ1v) is 11.2. The van der Waals surface area contributed by atoms with Gasteiger partial charge < -0.3 is 10.6 Å². The topological polar surface area (TPSA) is 88.9 Å². The van der Waals surface area contributed by atoms with Gasteiger partial charge in [-0.25, -0.2) is 14.1 Å². The number of amides is 2. The molecular formula is C24H22FN5O2S. The lowest BCUT2D eigenvalue weighted by molar-refractivity contribution is -0.115. The summed E-state index contributed by atoms with van der Waals surface area (Å²) in [6, 6.07) is 12.7. The van der Waals surface area contributed by atoms with Crippen LogP contribution in [0.3, 0.4) is 0 Å². The Bertz CT molecular complexity index is 1280. The van der Waals surface area contributed by atoms with Crippen LogP contribution in [0, 0.1) is 12.7 Å². The predicted octanol–water partition coefficient (Wildman–Crippen LogP) is 4.45. The molecule has 4 aromatic rings. The molecule has 4 rings (SSSR count). The van der Waals surface area contributed by atoms with Crippen molar-refractivity contribution in [2.24, 2.45) is 0 Å². The minimum absolute atomic E-state index is 0.0612. The minimum atomic E-state index is -0.377. The maximum absolute atomic E-state index is 13.3. The van der Waals surface area contributed by atoms with Crippen LogP contribution >= 0.6 is 11.3 Å². The van der Waals surface area contributed by atoms with Gasteiger partial charge in [-0.05, 0) is 55.8 Å². The molecule has 0 aliphatic rings. The van der Waals surface area contributed by atoms with Crippen LogP contribution < -0.4 is 10.6 Å². The average Bonchev–Trinajstić information content (AvgIpc) is 3.43. The van der Waals surface area contributed by atoms with Crippen LogP contribution in [0.2, 0.25) is 0 Å². The van der Waals surface area contributed by atoms with E-state index >= 15 is 0 Å². The molecule has 0 saturated heterocycles. The van der Waals surface area contributed by atoms with Crippen molar-refractivity contribution in [2.45, 2.75) is 26.3 Å². The van der Waals surface area contributed by atoms with Gasteiger partial charge in [-0.1, -0.05) is 12.1 Å². The van der Waals surface area contributed by atoms with E-state index in [1.54, 1.807) is 58.6 Å². The van der Waals surface area contributed by atoms with E-state index in [0.29, 0.717) is 16.8 Å². The fourth-order valence-corrected chi connectivity index (χ4v) is 3.97. The molecule has 0 aliphatic heterocycles. The fourth-order valence-electron chi connectivity index (χ4n) is 3.26. The lowest BCUT2D eigenvalue weighted by Gasteiger charge is -2.12. The van der Waals surface area contributed by atoms with Crippen molar-refractivity contribution in [3.8, 4) is 5.69 Å². The fraction of sp³-hybridized carbons (Fsp3) is 0.167. The van der Waals surface area contributed by atoms with Crippen molar-refractivity contribution in [2.75, 3.05) is 5.32 Å². The summed E-state index contributed by atoms with van der Waals surface area (Å²) in [5.41, 5.74) is 3.21. The van der Waals surface area contributed by atoms with E-state index in [1.165, 1.54) is 18.3 Å². The van der Waals surface area contributed by atoms with Gasteiger partial charge in [0.15, 0.2) is 0 Å². The third-order valence-electron chi connectivity index (χ3n) is 4.94. The number of rotatable bonds is 7. The summed E-state index contributed by atoms with van der Waals surface area (Å²) < 4.78 is 14.9. The maximum atomic E-state index is 13.3. The lowest BCUT2D eigenvalue weighted by Crippen LogP contribution is -2.26. The van der Waals surface area contributed by atoms with Gasteiger partial charge >= 0.3 is 0 Å². The summed E-state index contributed by atoms with van der Waals surface area (Å²) in [7, 11) is 0. The normalized spacial score (nSPS) is 11.7. The Hall–Kier alpha value is -3.85. The number of carbonyl (C=O) groups is 2. The lowest BCUT2D eigenvalue weighted by atomic mass is 10.1. The predicted molar refractivity (Wildman–Crippen MR) is 125 cm³/mol. The number of nitrogens with one attached hydrogen (secondary N) is 2. The third-order valence-corrected chi connectivity index (χ3v) is 5.73. The monoisotopic (exact) mass is 463 g/mol. The highest BCUT2D eigenvalue weighted by atomic mass is 32.1. The minimum Gasteiger partial charge on any atom is -0.344 e. The third kappa shape index (κ3) is 5.69. The quantitative estimate of drug-likeness (QED) is 0.424. The zero-order valence-corrected chi connectivity index (χ0v) is 18.9. The summed E-state index contributed by atoms with van der Waals surface area (Å²) in [4.78, 5) is 29.2. The molecule has 9 heteroatoms. The van der Waals surface area contributed by atoms with Crippen molar-refractivity contribution < 1.29 is 14.0 Å². The van der Waals surface area contributed by atoms with Gasteiger partial charge in [0.05, 0.1) is 46.9 Å². The molecule has 168 valence electrons. The van der Waals surface area contributed by atoms with Gasteiger partial charge in [0.1, 0.15) is 5.82 Å². The second-order valence-corrected chi connectivity index (χ2v) is 8.62. The first-order valence-electron chi connectivity index (χ1n) is 10.3. The van der Waals surface area contributed by atoms with Crippen molar-refractivity contribution in [1.82, 2.24) is 20.1 Å². The summed E-state index contributed by atoms with van der Waals surface area (Å²) in [6.07, 6.45) is 3.26. The Kier molecular flexibility index (Phi) is 6.60. The molecule has 2 heterocycles. The number of aryl methyl sites for hydroxylation is 1. The van der Waals surface area contributed by atoms with Crippen LogP contribution in [0.4, 0.5) is 10.1 Å². The molecule has 2 aromatic heterocycles. The van der Waals surface area contributed by atoms with Crippen LogP contribution in [-0.2, 0) is 11.2 Å². The molecule has 0 bridgehead atoms. The van der Waals surface area contributed by atoms with E-state index in [1.807, 2.05) is 19.2 Å². The number of hydrogen-bond donors (Lipinski definition) is 2. The van der Waals surface area contributed by atoms with Crippen molar-refractivity contribution >= 4 is 28.8 Å². The molecular weight excluding hydrogens is 441 g/mol. The van der Waals surface area contributed by atoms with E-state index in [-0.39, 0.29) is 30.1 Å². The average molecular weight is 464 g/mol. The van der Waals surface area contributed by atoms with Gasteiger partial charge in [-0.3, -0.25) is 9.59 Å². The van der Waals surface area contributed by atoms with Gasteiger partial charge in [0.25, 0.3) is 5.91 Å². The molecule has 2 N–H and O–H groups in total. The molecule has 2 amide bonds. The highest BCUT2D eigenvalue weighted by Crippen LogP contribution is 2.17. The van der Waals surface area contributed by atoms with E-state index in [2.05, 4.69) is 20.7 Å². The van der Waals surface area contributed by atoms with Gasteiger partial charge in [0.2, 0.25) is 5.91 Å². The van der Waals surface area contributed by atoms with E-state index in [0.717, 1.165) is 16.4 Å². The zero-order valence-electron chi connectivity index (χ0n) is 18.1. The van der Waals surface area contributed by atoms with Crippen LogP contribution in [0.5, 0.6) is 0 Å². The highest BCUT2D eigenvalue weighted by molar-refractivity contribution is 7.09. The van der Waals surface area contributed by atoms with Crippen molar-refractivity contribution in [3.63, 3.8) is 0 Å². The molecule has 0 aliphatic carbocycles. The molecule has 1 atom stereocenters. The van der Waals surface area contributed by atoms with E-state index in [4.69, 9.17) is 0 Å². The Morgan fingerprint density at radius 3 is 2.67 bits per heavy atom. The number of aromatic nitrogens is 3. The molecule has 0 saturated carbocycles. The maximum Gasteiger partial charge on any atom is 0.251 e. The smallest absolute Gasteiger partial charge is 0.251 e. The number of carbonyl (C=O) groups excluding carboxylic acids is 2. The number of anilines is 1. The molecule has 0 radical (unpaired) electrons. The Morgan fingerprint density at radius 2 is 1.97 bits per heavy atom. The van der Waals surface area contributed by atoms with Gasteiger partial charge in [-0.15, -0.1) is 11.3 Å². The SMILES string of the molecule is Cc1nc(C(C)NC(=O)c2ccc(-n3cc(NC(=O)Cc4cccc(F)c4)cn3)cc2)cs1. The van der Waals surface area contributed by atoms with Crippen LogP contribution in [-0.4, -0.2) is 26.6 Å². The number of thiazole rings is 1. The highest BCUT2D eigenvalue weighted by Gasteiger charge is 2.14. The Morgan fingerprint density at radius 1 is 1.18 bits per heavy atom. The molecule has 1 unspecified atom stereocenters. The first-order chi connectivity index (χ1) is 15.9. The largest absolute Gasteiger partial charge is 0.344 e. The van der Waals surface area contributed by atoms with E-state index < -0.39 is 0 Å². The molecule has 7 nitrogen and oxygen atoms in total. The van der Waals surface area contributed by atoms with Crippen molar-refractivity contribution in [1.29, 1.82) is 0 Å². The Balaban J connectivity index is 1.36. The van der Waals surface area contributed by atoms with E-state index in [9.17, 15) is 14.0 Å². The van der Waals surface area contributed by atoms with Gasteiger partial charge in [0, 0.05) is 10.9 Å². The number of hydrogen-bond acceptors (Lipinski definition) is 5. The molecule has 0 fully saturated rings. The van der Waals surface area contributed by atoms with Crippen LogP contribution in [0.25, 0.3) is 5.69 Å². The van der Waals surface area contributed by atoms with Gasteiger partial charge in [-0.2, -0.15) is 5.10 Å². The van der Waals surface area contributed by atoms with Crippen LogP contribution in [0.15, 0.2) is 66.3 Å². The second kappa shape index (κ2) is 9.74. The number of nitrogens with zero attached hydrogens (tertiary/aromatic N) is 3. The standard InChI is InChI=1S/C24H22FN5O2S/c1-15(22-14-33-16(2)28-22)27-24(32)18-6-8-21(9-7-18)30-13-20(12-26-30)29-23(31)11-17-4-3-5-19(25)10-17/h3-10,12-15H,11H2,1-2H3,(H,27,32)(H,29,31). The van der Waals surface area contributed by atoms with Crippen molar-refractivity contribution in [3.05, 3.63) is 94.0 Å². The zero-order chi connectivity index (χ0) is 23.4. The van der Waals surface area contributed by atoms with Crippen LogP contribution in [0.1, 0.15) is 39.6 Å². The Labute approximate surface area is 194 Å². The molecule has 0 spiro atoms. The molecule has 2 aromatic carbocycles. The number of benzene rings is 2. The number of halogens is 1. The second-order valence-electron chi connectivity index (χ2n) is 7.56. The summed E-state index contributed by atoms with van der Waals surface area (Å²) >= 11 is 1.55. The summed E-state index contributed by atoms with van der Waals surface area (Å²) in [5, 5.41) is 12.9.